The van der Waals surface area contributed by atoms with Crippen molar-refractivity contribution < 1.29 is 4.52 Å². The monoisotopic (exact) mass is 279 g/mol. The van der Waals surface area contributed by atoms with Gasteiger partial charge in [0.25, 0.3) is 0 Å². The van der Waals surface area contributed by atoms with Crippen molar-refractivity contribution in [1.29, 1.82) is 0 Å². The maximum Gasteiger partial charge on any atom is 0.177 e. The van der Waals surface area contributed by atoms with Crippen molar-refractivity contribution in [3.8, 4) is 10.6 Å². The summed E-state index contributed by atoms with van der Waals surface area (Å²) in [4.78, 5) is 3.34. The van der Waals surface area contributed by atoms with Crippen molar-refractivity contribution in [3.05, 3.63) is 29.3 Å². The molecule has 19 heavy (non-hydrogen) atoms. The van der Waals surface area contributed by atoms with Gasteiger partial charge < -0.3 is 10.3 Å². The van der Waals surface area contributed by atoms with Crippen molar-refractivity contribution in [2.75, 3.05) is 20.1 Å². The molecular weight excluding hydrogens is 258 g/mol. The van der Waals surface area contributed by atoms with Gasteiger partial charge in [-0.05, 0) is 30.5 Å². The van der Waals surface area contributed by atoms with E-state index in [1.165, 1.54) is 0 Å². The maximum atomic E-state index is 5.76. The smallest absolute Gasteiger partial charge is 0.177 e. The van der Waals surface area contributed by atoms with Crippen LogP contribution in [0.25, 0.3) is 10.6 Å². The minimum absolute atomic E-state index is 0.120. The van der Waals surface area contributed by atoms with Crippen LogP contribution < -0.4 is 5.73 Å². The van der Waals surface area contributed by atoms with E-state index in [1.807, 2.05) is 23.6 Å². The Morgan fingerprint density at radius 1 is 1.47 bits per heavy atom. The van der Waals surface area contributed by atoms with Gasteiger partial charge in [-0.25, -0.2) is 0 Å². The minimum Gasteiger partial charge on any atom is -0.355 e. The highest BCUT2D eigenvalue weighted by molar-refractivity contribution is 7.13. The fraction of sp³-hybridized carbons (Fsp3) is 0.500. The zero-order valence-electron chi connectivity index (χ0n) is 11.7. The first kappa shape index (κ1) is 14.2. The summed E-state index contributed by atoms with van der Waals surface area (Å²) in [5.41, 5.74) is 6.83. The van der Waals surface area contributed by atoms with Gasteiger partial charge in [0.1, 0.15) is 0 Å². The summed E-state index contributed by atoms with van der Waals surface area (Å²) in [6.45, 7) is 6.73. The van der Waals surface area contributed by atoms with Crippen molar-refractivity contribution in [2.45, 2.75) is 20.4 Å². The molecule has 0 amide bonds. The number of nitrogens with zero attached hydrogens (tertiary/aromatic N) is 2. The van der Waals surface area contributed by atoms with Crippen LogP contribution in [-0.4, -0.2) is 30.2 Å². The van der Waals surface area contributed by atoms with Crippen LogP contribution in [0.5, 0.6) is 0 Å². The third-order valence-corrected chi connectivity index (χ3v) is 3.89. The molecule has 104 valence electrons. The molecule has 0 bridgehead atoms. The lowest BCUT2D eigenvalue weighted by atomic mass is 9.93. The maximum absolute atomic E-state index is 5.76. The molecule has 0 aliphatic heterocycles. The molecular formula is C14H21N3OS. The molecule has 0 aliphatic carbocycles. The highest BCUT2D eigenvalue weighted by atomic mass is 32.1. The van der Waals surface area contributed by atoms with E-state index < -0.39 is 0 Å². The van der Waals surface area contributed by atoms with Crippen molar-refractivity contribution in [3.63, 3.8) is 0 Å². The summed E-state index contributed by atoms with van der Waals surface area (Å²) in [5.74, 6) is 0.844. The number of rotatable bonds is 6. The second-order valence-electron chi connectivity index (χ2n) is 5.70. The molecule has 0 aromatic carbocycles. The van der Waals surface area contributed by atoms with Crippen LogP contribution >= 0.6 is 11.3 Å². The van der Waals surface area contributed by atoms with Gasteiger partial charge in [-0.1, -0.05) is 25.1 Å². The van der Waals surface area contributed by atoms with Crippen molar-refractivity contribution in [2.24, 2.45) is 11.1 Å². The highest BCUT2D eigenvalue weighted by Gasteiger charge is 2.19. The molecule has 0 radical (unpaired) electrons. The molecule has 2 rings (SSSR count). The van der Waals surface area contributed by atoms with Gasteiger partial charge in [0, 0.05) is 19.2 Å². The lowest BCUT2D eigenvalue weighted by molar-refractivity contribution is 0.206. The summed E-state index contributed by atoms with van der Waals surface area (Å²) >= 11 is 1.66. The second kappa shape index (κ2) is 5.86. The second-order valence-corrected chi connectivity index (χ2v) is 6.65. The fourth-order valence-electron chi connectivity index (χ4n) is 2.05. The molecule has 0 saturated heterocycles. The van der Waals surface area contributed by atoms with Gasteiger partial charge in [0.2, 0.25) is 0 Å². The van der Waals surface area contributed by atoms with Crippen molar-refractivity contribution in [1.82, 2.24) is 10.1 Å². The Balaban J connectivity index is 1.97. The largest absolute Gasteiger partial charge is 0.355 e. The molecule has 0 saturated carbocycles. The number of hydrogen-bond acceptors (Lipinski definition) is 5. The molecule has 0 fully saturated rings. The Bertz CT molecular complexity index is 505. The van der Waals surface area contributed by atoms with E-state index >= 15 is 0 Å². The summed E-state index contributed by atoms with van der Waals surface area (Å²) in [7, 11) is 2.08. The van der Waals surface area contributed by atoms with E-state index in [0.717, 1.165) is 29.4 Å². The van der Waals surface area contributed by atoms with E-state index in [1.54, 1.807) is 11.3 Å². The highest BCUT2D eigenvalue weighted by Crippen LogP contribution is 2.25. The minimum atomic E-state index is 0.120. The zero-order valence-corrected chi connectivity index (χ0v) is 12.5. The molecule has 2 heterocycles. The van der Waals surface area contributed by atoms with E-state index in [0.29, 0.717) is 6.54 Å². The average molecular weight is 279 g/mol. The normalized spacial score (nSPS) is 12.3. The van der Waals surface area contributed by atoms with Gasteiger partial charge in [-0.15, -0.1) is 11.3 Å². The van der Waals surface area contributed by atoms with Crippen LogP contribution in [0.2, 0.25) is 0 Å². The van der Waals surface area contributed by atoms with Gasteiger partial charge in [-0.3, -0.25) is 4.90 Å². The standard InChI is InChI=1S/C14H21N3OS/c1-14(2,9-15)10-17(3)8-11-7-12(18-16-11)13-5-4-6-19-13/h4-7H,8-10,15H2,1-3H3. The Morgan fingerprint density at radius 2 is 2.26 bits per heavy atom. The van der Waals surface area contributed by atoms with Crippen molar-refractivity contribution >= 4 is 11.3 Å². The topological polar surface area (TPSA) is 55.3 Å². The Hall–Kier alpha value is -1.17. The number of thiophene rings is 1. The van der Waals surface area contributed by atoms with E-state index in [2.05, 4.69) is 31.0 Å². The van der Waals surface area contributed by atoms with Crippen LogP contribution in [0.3, 0.4) is 0 Å². The average Bonchev–Trinajstić information content (AvgIpc) is 2.97. The van der Waals surface area contributed by atoms with Crippen LogP contribution in [-0.2, 0) is 6.54 Å². The predicted molar refractivity (Wildman–Crippen MR) is 79.0 cm³/mol. The molecule has 0 aliphatic rings. The fourth-order valence-corrected chi connectivity index (χ4v) is 2.72. The van der Waals surface area contributed by atoms with Crippen LogP contribution in [0.15, 0.2) is 28.1 Å². The number of nitrogens with two attached hydrogens (primary N) is 1. The molecule has 0 spiro atoms. The molecule has 4 nitrogen and oxygen atoms in total. The Kier molecular flexibility index (Phi) is 4.39. The van der Waals surface area contributed by atoms with Crippen LogP contribution in [0.1, 0.15) is 19.5 Å². The van der Waals surface area contributed by atoms with E-state index in [9.17, 15) is 0 Å². The van der Waals surface area contributed by atoms with Crippen LogP contribution in [0, 0.1) is 5.41 Å². The summed E-state index contributed by atoms with van der Waals surface area (Å²) in [6, 6.07) is 6.06. The Morgan fingerprint density at radius 3 is 2.89 bits per heavy atom. The van der Waals surface area contributed by atoms with Gasteiger partial charge >= 0.3 is 0 Å². The molecule has 2 aromatic rings. The molecule has 2 aromatic heterocycles. The molecule has 2 N–H and O–H groups in total. The predicted octanol–water partition coefficient (Wildman–Crippen LogP) is 2.82. The van der Waals surface area contributed by atoms with Gasteiger partial charge in [0.15, 0.2) is 5.76 Å². The third kappa shape index (κ3) is 3.89. The SMILES string of the molecule is CN(Cc1cc(-c2cccs2)on1)CC(C)(C)CN. The first-order valence-electron chi connectivity index (χ1n) is 6.38. The molecule has 0 unspecified atom stereocenters. The first-order valence-corrected chi connectivity index (χ1v) is 7.26. The summed E-state index contributed by atoms with van der Waals surface area (Å²) in [5, 5.41) is 6.16. The summed E-state index contributed by atoms with van der Waals surface area (Å²) < 4.78 is 5.38. The lowest BCUT2D eigenvalue weighted by Crippen LogP contribution is -2.36. The zero-order chi connectivity index (χ0) is 13.9. The Labute approximate surface area is 118 Å². The number of hydrogen-bond donors (Lipinski definition) is 1. The molecule has 5 heteroatoms. The van der Waals surface area contributed by atoms with Gasteiger partial charge in [-0.2, -0.15) is 0 Å². The quantitative estimate of drug-likeness (QED) is 0.883. The van der Waals surface area contributed by atoms with Crippen LogP contribution in [0.4, 0.5) is 0 Å². The van der Waals surface area contributed by atoms with Gasteiger partial charge in [0.05, 0.1) is 10.6 Å². The van der Waals surface area contributed by atoms with E-state index in [-0.39, 0.29) is 5.41 Å². The molecule has 0 atom stereocenters. The third-order valence-electron chi connectivity index (χ3n) is 3.01. The lowest BCUT2D eigenvalue weighted by Gasteiger charge is -2.28. The summed E-state index contributed by atoms with van der Waals surface area (Å²) in [6.07, 6.45) is 0. The first-order chi connectivity index (χ1) is 9.00. The number of aromatic nitrogens is 1. The van der Waals surface area contributed by atoms with E-state index in [4.69, 9.17) is 10.3 Å².